The van der Waals surface area contributed by atoms with Crippen LogP contribution in [0.25, 0.3) is 10.9 Å². The van der Waals surface area contributed by atoms with Gasteiger partial charge in [-0.15, -0.1) is 0 Å². The molecule has 0 bridgehead atoms. The van der Waals surface area contributed by atoms with E-state index in [2.05, 4.69) is 25.5 Å². The number of benzene rings is 1. The molecule has 192 valence electrons. The van der Waals surface area contributed by atoms with Gasteiger partial charge in [-0.25, -0.2) is 4.98 Å². The third kappa shape index (κ3) is 4.78. The average molecular weight is 513 g/mol. The molecule has 3 N–H and O–H groups in total. The molecule has 1 aliphatic carbocycles. The number of nitrogens with zero attached hydrogens (tertiary/aromatic N) is 3. The number of fused-ring (bicyclic) bond motifs is 1. The Morgan fingerprint density at radius 1 is 1.31 bits per heavy atom. The van der Waals surface area contributed by atoms with Crippen molar-refractivity contribution in [3.8, 4) is 5.75 Å². The van der Waals surface area contributed by atoms with Gasteiger partial charge in [-0.05, 0) is 18.9 Å². The molecule has 0 spiro atoms. The maximum Gasteiger partial charge on any atom is 0.418 e. The molecular weight excluding hydrogens is 481 g/mol. The molecule has 13 heteroatoms. The van der Waals surface area contributed by atoms with Gasteiger partial charge in [0.05, 0.1) is 33.3 Å². The van der Waals surface area contributed by atoms with Gasteiger partial charge in [0.2, 0.25) is 5.91 Å². The van der Waals surface area contributed by atoms with Crippen LogP contribution < -0.4 is 20.7 Å². The number of pyridine rings is 1. The standard InChI is InChI=1S/C23H25F3N6O4/c1-27-22(34)13-10-28-16(30-21(33)11-5-6-11)9-14(13)29-20-17-15(32(2)31-20)8-7-12(18(17)35-3)19(36-4)23(24,25)26/h7-11,19H,5-6H2,1-4H3,(H,27,34)(H2,28,29,30,31,33)/t19-/m0/s1/i1D3,3D3. The molecule has 10 nitrogen and oxygen atoms in total. The lowest BCUT2D eigenvalue weighted by molar-refractivity contribution is -0.216. The second kappa shape index (κ2) is 9.64. The number of nitrogens with one attached hydrogen (secondary N) is 3. The van der Waals surface area contributed by atoms with Crippen molar-refractivity contribution in [2.75, 3.05) is 31.8 Å². The van der Waals surface area contributed by atoms with E-state index in [0.717, 1.165) is 19.4 Å². The predicted molar refractivity (Wildman–Crippen MR) is 125 cm³/mol. The van der Waals surface area contributed by atoms with Gasteiger partial charge in [0.15, 0.2) is 11.9 Å². The number of rotatable bonds is 8. The number of hydrogen-bond acceptors (Lipinski definition) is 7. The highest BCUT2D eigenvalue weighted by Crippen LogP contribution is 2.44. The lowest BCUT2D eigenvalue weighted by Gasteiger charge is -2.22. The first-order valence-corrected chi connectivity index (χ1v) is 10.6. The monoisotopic (exact) mass is 512 g/mol. The minimum Gasteiger partial charge on any atom is -0.496 e. The highest BCUT2D eigenvalue weighted by molar-refractivity contribution is 6.04. The van der Waals surface area contributed by atoms with Crippen LogP contribution in [-0.2, 0) is 16.6 Å². The molecule has 1 aliphatic rings. The largest absolute Gasteiger partial charge is 0.496 e. The van der Waals surface area contributed by atoms with Gasteiger partial charge >= 0.3 is 6.18 Å². The number of carbonyl (C=O) groups is 2. The first kappa shape index (κ1) is 18.4. The van der Waals surface area contributed by atoms with E-state index in [1.165, 1.54) is 23.9 Å². The third-order valence-electron chi connectivity index (χ3n) is 5.63. The molecule has 0 saturated heterocycles. The Kier molecular flexibility index (Phi) is 4.93. The van der Waals surface area contributed by atoms with E-state index in [0.29, 0.717) is 12.8 Å². The molecule has 1 fully saturated rings. The van der Waals surface area contributed by atoms with Crippen LogP contribution >= 0.6 is 0 Å². The van der Waals surface area contributed by atoms with Crippen molar-refractivity contribution in [1.29, 1.82) is 0 Å². The summed E-state index contributed by atoms with van der Waals surface area (Å²) in [6.07, 6.45) is -5.16. The van der Waals surface area contributed by atoms with E-state index < -0.39 is 43.5 Å². The number of aryl methyl sites for hydroxylation is 1. The lowest BCUT2D eigenvalue weighted by atomic mass is 10.0. The average Bonchev–Trinajstić information content (AvgIpc) is 3.63. The van der Waals surface area contributed by atoms with Crippen molar-refractivity contribution in [1.82, 2.24) is 20.1 Å². The minimum atomic E-state index is -4.95. The summed E-state index contributed by atoms with van der Waals surface area (Å²) >= 11 is 0. The number of anilines is 3. The van der Waals surface area contributed by atoms with Crippen LogP contribution in [0, 0.1) is 5.92 Å². The van der Waals surface area contributed by atoms with Crippen LogP contribution in [0.5, 0.6) is 5.75 Å². The molecule has 3 aromatic rings. The van der Waals surface area contributed by atoms with Gasteiger partial charge in [0.1, 0.15) is 11.6 Å². The number of hydrogen-bond donors (Lipinski definition) is 3. The summed E-state index contributed by atoms with van der Waals surface area (Å²) in [7, 11) is -0.963. The van der Waals surface area contributed by atoms with E-state index in [4.69, 9.17) is 13.0 Å². The smallest absolute Gasteiger partial charge is 0.418 e. The molecule has 2 aromatic heterocycles. The van der Waals surface area contributed by atoms with Crippen LogP contribution in [0.15, 0.2) is 24.4 Å². The Labute approximate surface area is 212 Å². The zero-order valence-electron chi connectivity index (χ0n) is 25.0. The Morgan fingerprint density at radius 3 is 2.72 bits per heavy atom. The van der Waals surface area contributed by atoms with E-state index in [1.807, 2.05) is 5.32 Å². The Bertz CT molecular complexity index is 1520. The molecular formula is C23H25F3N6O4. The first-order chi connectivity index (χ1) is 19.4. The first-order valence-electron chi connectivity index (χ1n) is 13.6. The summed E-state index contributed by atoms with van der Waals surface area (Å²) in [6.45, 7) is -2.88. The summed E-state index contributed by atoms with van der Waals surface area (Å²) in [5.74, 6) is -2.61. The molecule has 0 unspecified atom stereocenters. The molecule has 0 aliphatic heterocycles. The van der Waals surface area contributed by atoms with Crippen LogP contribution in [0.3, 0.4) is 0 Å². The van der Waals surface area contributed by atoms with Gasteiger partial charge in [0, 0.05) is 49.0 Å². The van der Waals surface area contributed by atoms with Crippen LogP contribution in [0.1, 0.15) is 43.1 Å². The maximum atomic E-state index is 13.9. The minimum absolute atomic E-state index is 0.0174. The second-order valence-corrected chi connectivity index (χ2v) is 8.07. The van der Waals surface area contributed by atoms with Crippen LogP contribution in [-0.4, -0.2) is 53.9 Å². The fourth-order valence-electron chi connectivity index (χ4n) is 3.76. The topological polar surface area (TPSA) is 119 Å². The highest BCUT2D eigenvalue weighted by atomic mass is 19.4. The number of methoxy groups -OCH3 is 2. The van der Waals surface area contributed by atoms with Crippen molar-refractivity contribution in [2.24, 2.45) is 13.0 Å². The third-order valence-corrected chi connectivity index (χ3v) is 5.63. The van der Waals surface area contributed by atoms with E-state index in [1.54, 1.807) is 0 Å². The lowest BCUT2D eigenvalue weighted by Crippen LogP contribution is -2.23. The van der Waals surface area contributed by atoms with Gasteiger partial charge in [0.25, 0.3) is 5.91 Å². The normalized spacial score (nSPS) is 17.6. The maximum absolute atomic E-state index is 13.9. The van der Waals surface area contributed by atoms with E-state index in [9.17, 15) is 22.8 Å². The van der Waals surface area contributed by atoms with Crippen molar-refractivity contribution in [3.05, 3.63) is 35.5 Å². The zero-order chi connectivity index (χ0) is 31.2. The Hall–Kier alpha value is -3.87. The highest BCUT2D eigenvalue weighted by Gasteiger charge is 2.43. The number of amides is 2. The quantitative estimate of drug-likeness (QED) is 0.421. The Morgan fingerprint density at radius 2 is 2.08 bits per heavy atom. The fraction of sp³-hybridized carbons (Fsp3) is 0.391. The summed E-state index contributed by atoms with van der Waals surface area (Å²) in [5, 5.41) is 11.2. The summed E-state index contributed by atoms with van der Waals surface area (Å²) in [5.41, 5.74) is -0.990. The fourth-order valence-corrected chi connectivity index (χ4v) is 3.76. The summed E-state index contributed by atoms with van der Waals surface area (Å²) < 4.78 is 97.4. The van der Waals surface area contributed by atoms with Gasteiger partial charge < -0.3 is 25.4 Å². The van der Waals surface area contributed by atoms with Gasteiger partial charge in [-0.2, -0.15) is 18.3 Å². The number of halogens is 3. The molecule has 36 heavy (non-hydrogen) atoms. The summed E-state index contributed by atoms with van der Waals surface area (Å²) in [4.78, 5) is 29.1. The molecule has 4 rings (SSSR count). The van der Waals surface area contributed by atoms with Crippen LogP contribution in [0.4, 0.5) is 30.5 Å². The Balaban J connectivity index is 1.90. The van der Waals surface area contributed by atoms with Gasteiger partial charge in [-0.1, -0.05) is 6.07 Å². The number of carbonyl (C=O) groups excluding carboxylic acids is 2. The number of alkyl halides is 3. The summed E-state index contributed by atoms with van der Waals surface area (Å²) in [6, 6.07) is 3.46. The van der Waals surface area contributed by atoms with Crippen molar-refractivity contribution >= 4 is 40.0 Å². The molecule has 1 atom stereocenters. The molecule has 2 heterocycles. The van der Waals surface area contributed by atoms with Crippen molar-refractivity contribution in [3.63, 3.8) is 0 Å². The number of ether oxygens (including phenoxy) is 2. The molecule has 0 radical (unpaired) electrons. The van der Waals surface area contributed by atoms with Gasteiger partial charge in [-0.3, -0.25) is 14.3 Å². The van der Waals surface area contributed by atoms with E-state index in [-0.39, 0.29) is 45.6 Å². The predicted octanol–water partition coefficient (Wildman–Crippen LogP) is 3.68. The zero-order valence-corrected chi connectivity index (χ0v) is 19.0. The van der Waals surface area contributed by atoms with Crippen molar-refractivity contribution in [2.45, 2.75) is 25.1 Å². The molecule has 2 amide bonds. The number of aromatic nitrogens is 3. The van der Waals surface area contributed by atoms with E-state index >= 15 is 0 Å². The second-order valence-electron chi connectivity index (χ2n) is 8.07. The molecule has 1 aromatic carbocycles. The molecule has 1 saturated carbocycles. The van der Waals surface area contributed by atoms with Crippen LogP contribution in [0.2, 0.25) is 0 Å². The van der Waals surface area contributed by atoms with Crippen molar-refractivity contribution < 1.29 is 40.5 Å². The SMILES string of the molecule is [2H]C([2H])([2H])NC(=O)c1cnc(NC(=O)C2CC2)cc1Nc1nn(C)c2ccc([C@H](OC)C(F)(F)F)c(OC([2H])([2H])[2H])c12.